The summed E-state index contributed by atoms with van der Waals surface area (Å²) >= 11 is 13.9. The first-order chi connectivity index (χ1) is 8.49. The van der Waals surface area contributed by atoms with Gasteiger partial charge in [0.05, 0.1) is 10.7 Å². The maximum absolute atomic E-state index is 6.16. The van der Waals surface area contributed by atoms with Crippen LogP contribution in [0, 0.1) is 6.92 Å². The van der Waals surface area contributed by atoms with E-state index in [1.54, 1.807) is 11.3 Å². The van der Waals surface area contributed by atoms with E-state index in [0.29, 0.717) is 16.5 Å². The molecule has 96 valence electrons. The maximum atomic E-state index is 6.16. The van der Waals surface area contributed by atoms with Gasteiger partial charge in [0, 0.05) is 27.4 Å². The van der Waals surface area contributed by atoms with E-state index in [4.69, 9.17) is 28.9 Å². The van der Waals surface area contributed by atoms with Crippen molar-refractivity contribution < 1.29 is 0 Å². The Bertz CT molecular complexity index is 544. The van der Waals surface area contributed by atoms with Crippen LogP contribution in [-0.4, -0.2) is 4.98 Å². The molecule has 0 aliphatic heterocycles. The largest absolute Gasteiger partial charge is 0.323 e. The molecule has 2 rings (SSSR count). The Balaban J connectivity index is 2.32. The van der Waals surface area contributed by atoms with Gasteiger partial charge in [0.1, 0.15) is 0 Å². The van der Waals surface area contributed by atoms with Gasteiger partial charge >= 0.3 is 0 Å². The van der Waals surface area contributed by atoms with Crippen molar-refractivity contribution in [2.24, 2.45) is 5.73 Å². The van der Waals surface area contributed by atoms with Gasteiger partial charge in [0.2, 0.25) is 0 Å². The fourth-order valence-corrected chi connectivity index (χ4v) is 3.38. The average molecular weight is 301 g/mol. The Kier molecular flexibility index (Phi) is 4.28. The molecule has 0 bridgehead atoms. The smallest absolute Gasteiger partial charge is 0.0976 e. The minimum Gasteiger partial charge on any atom is -0.323 e. The molecular formula is C13H14Cl2N2S. The van der Waals surface area contributed by atoms with Gasteiger partial charge < -0.3 is 5.73 Å². The SMILES string of the molecule is Cc1nc(Cc2c(Cl)cccc2Cl)sc1C(C)N. The predicted octanol–water partition coefficient (Wildman–Crippen LogP) is 4.37. The van der Waals surface area contributed by atoms with Crippen LogP contribution in [0.3, 0.4) is 0 Å². The second-order valence-electron chi connectivity index (χ2n) is 4.22. The van der Waals surface area contributed by atoms with Gasteiger partial charge in [0.15, 0.2) is 0 Å². The molecule has 1 aromatic heterocycles. The number of rotatable bonds is 3. The highest BCUT2D eigenvalue weighted by Gasteiger charge is 2.14. The van der Waals surface area contributed by atoms with Crippen molar-refractivity contribution in [2.75, 3.05) is 0 Å². The molecule has 2 aromatic rings. The lowest BCUT2D eigenvalue weighted by molar-refractivity contribution is 0.825. The Hall–Kier alpha value is -0.610. The molecule has 1 aromatic carbocycles. The Morgan fingerprint density at radius 3 is 2.44 bits per heavy atom. The van der Waals surface area contributed by atoms with Crippen molar-refractivity contribution in [1.82, 2.24) is 4.98 Å². The van der Waals surface area contributed by atoms with Crippen LogP contribution in [0.2, 0.25) is 10.0 Å². The summed E-state index contributed by atoms with van der Waals surface area (Å²) in [5.74, 6) is 0. The second kappa shape index (κ2) is 5.57. The zero-order valence-electron chi connectivity index (χ0n) is 10.2. The molecule has 0 spiro atoms. The highest BCUT2D eigenvalue weighted by Crippen LogP contribution is 2.30. The van der Waals surface area contributed by atoms with Crippen molar-refractivity contribution in [2.45, 2.75) is 26.3 Å². The highest BCUT2D eigenvalue weighted by molar-refractivity contribution is 7.11. The van der Waals surface area contributed by atoms with Gasteiger partial charge in [-0.1, -0.05) is 29.3 Å². The molecule has 0 saturated carbocycles. The van der Waals surface area contributed by atoms with E-state index in [9.17, 15) is 0 Å². The maximum Gasteiger partial charge on any atom is 0.0976 e. The molecule has 2 N–H and O–H groups in total. The molecule has 0 amide bonds. The molecule has 1 atom stereocenters. The van der Waals surface area contributed by atoms with Crippen molar-refractivity contribution in [3.63, 3.8) is 0 Å². The lowest BCUT2D eigenvalue weighted by Gasteiger charge is -2.04. The van der Waals surface area contributed by atoms with Crippen LogP contribution in [0.5, 0.6) is 0 Å². The third kappa shape index (κ3) is 2.86. The first-order valence-corrected chi connectivity index (χ1v) is 7.21. The van der Waals surface area contributed by atoms with E-state index < -0.39 is 0 Å². The zero-order chi connectivity index (χ0) is 13.3. The zero-order valence-corrected chi connectivity index (χ0v) is 12.5. The molecule has 0 fully saturated rings. The third-order valence-corrected chi connectivity index (χ3v) is 4.75. The number of nitrogens with zero attached hydrogens (tertiary/aromatic N) is 1. The van der Waals surface area contributed by atoms with Gasteiger partial charge in [-0.05, 0) is 31.5 Å². The number of hydrogen-bond donors (Lipinski definition) is 1. The van der Waals surface area contributed by atoms with Gasteiger partial charge in [-0.3, -0.25) is 0 Å². The standard InChI is InChI=1S/C13H14Cl2N2S/c1-7(16)13-8(2)17-12(18-13)6-9-10(14)4-3-5-11(9)15/h3-5,7H,6,16H2,1-2H3. The Morgan fingerprint density at radius 2 is 1.94 bits per heavy atom. The molecule has 5 heteroatoms. The Morgan fingerprint density at radius 1 is 1.33 bits per heavy atom. The first kappa shape index (κ1) is 13.8. The van der Waals surface area contributed by atoms with Gasteiger partial charge in [-0.25, -0.2) is 4.98 Å². The van der Waals surface area contributed by atoms with Crippen molar-refractivity contribution >= 4 is 34.5 Å². The first-order valence-electron chi connectivity index (χ1n) is 5.63. The molecular weight excluding hydrogens is 287 g/mol. The van der Waals surface area contributed by atoms with Crippen LogP contribution in [0.4, 0.5) is 0 Å². The van der Waals surface area contributed by atoms with Crippen LogP contribution in [0.1, 0.15) is 34.1 Å². The number of aromatic nitrogens is 1. The normalized spacial score (nSPS) is 12.7. The number of nitrogens with two attached hydrogens (primary N) is 1. The number of hydrogen-bond acceptors (Lipinski definition) is 3. The lowest BCUT2D eigenvalue weighted by atomic mass is 10.1. The summed E-state index contributed by atoms with van der Waals surface area (Å²) in [4.78, 5) is 5.65. The van der Waals surface area contributed by atoms with E-state index >= 15 is 0 Å². The Labute approximate surface area is 121 Å². The van der Waals surface area contributed by atoms with Crippen molar-refractivity contribution in [3.05, 3.63) is 49.4 Å². The van der Waals surface area contributed by atoms with Crippen LogP contribution in [0.25, 0.3) is 0 Å². The average Bonchev–Trinajstić information content (AvgIpc) is 2.65. The monoisotopic (exact) mass is 300 g/mol. The fraction of sp³-hybridized carbons (Fsp3) is 0.308. The topological polar surface area (TPSA) is 38.9 Å². The minimum atomic E-state index is 0.0120. The number of aryl methyl sites for hydroxylation is 1. The highest BCUT2D eigenvalue weighted by atomic mass is 35.5. The van der Waals surface area contributed by atoms with E-state index in [-0.39, 0.29) is 6.04 Å². The minimum absolute atomic E-state index is 0.0120. The van der Waals surface area contributed by atoms with Crippen molar-refractivity contribution in [3.8, 4) is 0 Å². The van der Waals surface area contributed by atoms with E-state index in [2.05, 4.69) is 4.98 Å². The summed E-state index contributed by atoms with van der Waals surface area (Å²) in [6.07, 6.45) is 0.650. The van der Waals surface area contributed by atoms with Crippen LogP contribution in [-0.2, 0) is 6.42 Å². The number of thiazole rings is 1. The van der Waals surface area contributed by atoms with Crippen LogP contribution < -0.4 is 5.73 Å². The molecule has 0 saturated heterocycles. The number of benzene rings is 1. The summed E-state index contributed by atoms with van der Waals surface area (Å²) in [6, 6.07) is 5.54. The summed E-state index contributed by atoms with van der Waals surface area (Å²) in [5, 5.41) is 2.35. The van der Waals surface area contributed by atoms with Crippen LogP contribution in [0.15, 0.2) is 18.2 Å². The molecule has 0 aliphatic rings. The summed E-state index contributed by atoms with van der Waals surface area (Å²) < 4.78 is 0. The lowest BCUT2D eigenvalue weighted by Crippen LogP contribution is -2.03. The molecule has 1 heterocycles. The second-order valence-corrected chi connectivity index (χ2v) is 6.15. The summed E-state index contributed by atoms with van der Waals surface area (Å²) in [5.41, 5.74) is 7.82. The van der Waals surface area contributed by atoms with Crippen molar-refractivity contribution in [1.29, 1.82) is 0 Å². The predicted molar refractivity (Wildman–Crippen MR) is 78.7 cm³/mol. The molecule has 1 unspecified atom stereocenters. The molecule has 0 radical (unpaired) electrons. The fourth-order valence-electron chi connectivity index (χ4n) is 1.82. The summed E-state index contributed by atoms with van der Waals surface area (Å²) in [6.45, 7) is 3.94. The number of halogens is 2. The quantitative estimate of drug-likeness (QED) is 0.914. The van der Waals surface area contributed by atoms with E-state index in [1.165, 1.54) is 0 Å². The molecule has 2 nitrogen and oxygen atoms in total. The van der Waals surface area contributed by atoms with E-state index in [0.717, 1.165) is 21.1 Å². The molecule has 18 heavy (non-hydrogen) atoms. The van der Waals surface area contributed by atoms with Gasteiger partial charge in [-0.2, -0.15) is 0 Å². The third-order valence-electron chi connectivity index (χ3n) is 2.68. The van der Waals surface area contributed by atoms with Crippen LogP contribution >= 0.6 is 34.5 Å². The summed E-state index contributed by atoms with van der Waals surface area (Å²) in [7, 11) is 0. The van der Waals surface area contributed by atoms with Gasteiger partial charge in [-0.15, -0.1) is 11.3 Å². The van der Waals surface area contributed by atoms with Gasteiger partial charge in [0.25, 0.3) is 0 Å². The van der Waals surface area contributed by atoms with E-state index in [1.807, 2.05) is 32.0 Å². The molecule has 0 aliphatic carbocycles.